The molecule has 0 aromatic heterocycles. The van der Waals surface area contributed by atoms with E-state index in [1.807, 2.05) is 66.7 Å². The Balaban J connectivity index is 1.97. The van der Waals surface area contributed by atoms with Crippen LogP contribution < -0.4 is 0 Å². The zero-order valence-corrected chi connectivity index (χ0v) is 16.0. The number of benzene rings is 2. The summed E-state index contributed by atoms with van der Waals surface area (Å²) in [6.45, 7) is 0. The van der Waals surface area contributed by atoms with Crippen molar-refractivity contribution in [3.63, 3.8) is 0 Å². The Kier molecular flexibility index (Phi) is 7.57. The summed E-state index contributed by atoms with van der Waals surface area (Å²) in [6, 6.07) is 21.2. The van der Waals surface area contributed by atoms with Crippen LogP contribution in [0.25, 0.3) is 6.08 Å². The van der Waals surface area contributed by atoms with E-state index < -0.39 is 4.58 Å². The Morgan fingerprint density at radius 2 is 1.77 bits per heavy atom. The van der Waals surface area contributed by atoms with E-state index in [1.54, 1.807) is 6.07 Å². The van der Waals surface area contributed by atoms with E-state index in [0.717, 1.165) is 30.4 Å². The van der Waals surface area contributed by atoms with Gasteiger partial charge in [0.05, 0.1) is 11.6 Å². The summed E-state index contributed by atoms with van der Waals surface area (Å²) in [5.41, 5.74) is 2.86. The van der Waals surface area contributed by atoms with E-state index in [1.165, 1.54) is 0 Å². The Labute approximate surface area is 162 Å². The van der Waals surface area contributed by atoms with Crippen molar-refractivity contribution in [2.24, 2.45) is 5.92 Å². The molecule has 0 radical (unpaired) electrons. The molecule has 2 unspecified atom stereocenters. The number of rotatable bonds is 8. The number of nitrogens with zero attached hydrogens (tertiary/aromatic N) is 2. The molecule has 26 heavy (non-hydrogen) atoms. The molecule has 2 nitrogen and oxygen atoms in total. The van der Waals surface area contributed by atoms with Crippen LogP contribution in [0.15, 0.2) is 60.7 Å². The molecule has 0 amide bonds. The minimum atomic E-state index is -2.01. The standard InChI is InChI=1S/C22H20BrFN2/c23-22(24,17-26)15-20(12-9-18-5-2-1-3-6-18)8-4-7-19-10-13-21(16-25)14-11-19/h1-3,5-6,9-14,20H,4,7-8,15H2/b12-9+. The SMILES string of the molecule is N#Cc1ccc(CCCC(/C=C/c2ccccc2)CC(F)(Br)C#N)cc1. The molecule has 0 saturated heterocycles. The summed E-state index contributed by atoms with van der Waals surface area (Å²) in [7, 11) is 0. The van der Waals surface area contributed by atoms with E-state index in [0.29, 0.717) is 5.56 Å². The Hall–Kier alpha value is -2.43. The largest absolute Gasteiger partial charge is 0.250 e. The van der Waals surface area contributed by atoms with Gasteiger partial charge in [0.15, 0.2) is 0 Å². The molecule has 0 spiro atoms. The number of aryl methyl sites for hydroxylation is 1. The first-order chi connectivity index (χ1) is 12.5. The smallest absolute Gasteiger partial charge is 0.215 e. The van der Waals surface area contributed by atoms with Crippen LogP contribution in [-0.2, 0) is 6.42 Å². The van der Waals surface area contributed by atoms with E-state index in [2.05, 4.69) is 22.0 Å². The first kappa shape index (κ1) is 19.9. The third-order valence-corrected chi connectivity index (χ3v) is 4.67. The normalized spacial score (nSPS) is 14.3. The van der Waals surface area contributed by atoms with E-state index >= 15 is 0 Å². The van der Waals surface area contributed by atoms with Crippen molar-refractivity contribution in [1.82, 2.24) is 0 Å². The van der Waals surface area contributed by atoms with Gasteiger partial charge in [-0.2, -0.15) is 10.5 Å². The monoisotopic (exact) mass is 410 g/mol. The van der Waals surface area contributed by atoms with Crippen molar-refractivity contribution in [2.45, 2.75) is 30.3 Å². The molecule has 132 valence electrons. The third kappa shape index (κ3) is 6.82. The zero-order chi connectivity index (χ0) is 18.8. The Bertz CT molecular complexity index is 799. The molecule has 0 heterocycles. The number of hydrogen-bond acceptors (Lipinski definition) is 2. The molecular formula is C22H20BrFN2. The van der Waals surface area contributed by atoms with Crippen LogP contribution in [0.1, 0.15) is 36.0 Å². The molecule has 0 bridgehead atoms. The average molecular weight is 411 g/mol. The molecule has 0 saturated carbocycles. The minimum Gasteiger partial charge on any atom is -0.215 e. The highest BCUT2D eigenvalue weighted by Gasteiger charge is 2.28. The number of nitriles is 2. The molecule has 2 rings (SSSR count). The zero-order valence-electron chi connectivity index (χ0n) is 14.4. The van der Waals surface area contributed by atoms with Gasteiger partial charge in [-0.3, -0.25) is 0 Å². The predicted octanol–water partition coefficient (Wildman–Crippen LogP) is 6.18. The van der Waals surface area contributed by atoms with Gasteiger partial charge in [-0.1, -0.05) is 54.6 Å². The molecule has 2 atom stereocenters. The lowest BCUT2D eigenvalue weighted by Gasteiger charge is -2.17. The molecule has 2 aromatic carbocycles. The van der Waals surface area contributed by atoms with Gasteiger partial charge in [-0.25, -0.2) is 4.39 Å². The molecular weight excluding hydrogens is 391 g/mol. The first-order valence-electron chi connectivity index (χ1n) is 8.54. The van der Waals surface area contributed by atoms with Crippen LogP contribution in [0.3, 0.4) is 0 Å². The molecule has 0 N–H and O–H groups in total. The maximum absolute atomic E-state index is 14.1. The fourth-order valence-corrected chi connectivity index (χ4v) is 3.18. The van der Waals surface area contributed by atoms with E-state index in [-0.39, 0.29) is 12.3 Å². The Morgan fingerprint density at radius 1 is 1.08 bits per heavy atom. The van der Waals surface area contributed by atoms with Gasteiger partial charge in [-0.05, 0) is 64.4 Å². The van der Waals surface area contributed by atoms with Crippen LogP contribution >= 0.6 is 15.9 Å². The van der Waals surface area contributed by atoms with Gasteiger partial charge in [0.1, 0.15) is 6.07 Å². The molecule has 0 aliphatic heterocycles. The average Bonchev–Trinajstić information content (AvgIpc) is 2.67. The summed E-state index contributed by atoms with van der Waals surface area (Å²) in [6.07, 6.45) is 6.59. The highest BCUT2D eigenvalue weighted by atomic mass is 79.9. The fourth-order valence-electron chi connectivity index (χ4n) is 2.77. The number of halogens is 2. The van der Waals surface area contributed by atoms with Crippen molar-refractivity contribution in [3.8, 4) is 12.1 Å². The maximum atomic E-state index is 14.1. The summed E-state index contributed by atoms with van der Waals surface area (Å²) in [5.74, 6) is -0.0439. The van der Waals surface area contributed by atoms with Crippen molar-refractivity contribution in [2.75, 3.05) is 0 Å². The first-order valence-corrected chi connectivity index (χ1v) is 9.33. The van der Waals surface area contributed by atoms with Gasteiger partial charge in [0.2, 0.25) is 4.58 Å². The minimum absolute atomic E-state index is 0.0439. The fraction of sp³-hybridized carbons (Fsp3) is 0.273. The molecule has 0 aliphatic carbocycles. The number of alkyl halides is 2. The van der Waals surface area contributed by atoms with Crippen LogP contribution in [0.4, 0.5) is 4.39 Å². The second-order valence-corrected chi connectivity index (χ2v) is 7.51. The lowest BCUT2D eigenvalue weighted by Crippen LogP contribution is -2.16. The van der Waals surface area contributed by atoms with E-state index in [9.17, 15) is 4.39 Å². The summed E-state index contributed by atoms with van der Waals surface area (Å²) < 4.78 is 12.1. The Morgan fingerprint density at radius 3 is 2.38 bits per heavy atom. The van der Waals surface area contributed by atoms with E-state index in [4.69, 9.17) is 10.5 Å². The van der Waals surface area contributed by atoms with Crippen LogP contribution in [0.5, 0.6) is 0 Å². The predicted molar refractivity (Wildman–Crippen MR) is 106 cm³/mol. The highest BCUT2D eigenvalue weighted by Crippen LogP contribution is 2.31. The van der Waals surface area contributed by atoms with Gasteiger partial charge < -0.3 is 0 Å². The molecule has 0 fully saturated rings. The second-order valence-electron chi connectivity index (χ2n) is 6.25. The quantitative estimate of drug-likeness (QED) is 0.487. The summed E-state index contributed by atoms with van der Waals surface area (Å²) in [5, 5.41) is 17.8. The van der Waals surface area contributed by atoms with Gasteiger partial charge >= 0.3 is 0 Å². The van der Waals surface area contributed by atoms with Crippen molar-refractivity contribution in [3.05, 3.63) is 77.4 Å². The lowest BCUT2D eigenvalue weighted by atomic mass is 9.93. The summed E-state index contributed by atoms with van der Waals surface area (Å²) in [4.78, 5) is 0. The van der Waals surface area contributed by atoms with Gasteiger partial charge in [-0.15, -0.1) is 0 Å². The van der Waals surface area contributed by atoms with Crippen molar-refractivity contribution in [1.29, 1.82) is 10.5 Å². The lowest BCUT2D eigenvalue weighted by molar-refractivity contribution is 0.312. The van der Waals surface area contributed by atoms with Crippen molar-refractivity contribution < 1.29 is 4.39 Å². The molecule has 0 aliphatic rings. The topological polar surface area (TPSA) is 47.6 Å². The third-order valence-electron chi connectivity index (χ3n) is 4.17. The second kappa shape index (κ2) is 9.90. The maximum Gasteiger partial charge on any atom is 0.250 e. The van der Waals surface area contributed by atoms with Crippen LogP contribution in [0.2, 0.25) is 0 Å². The molecule has 2 aromatic rings. The van der Waals surface area contributed by atoms with Gasteiger partial charge in [0, 0.05) is 6.42 Å². The molecule has 4 heteroatoms. The van der Waals surface area contributed by atoms with Crippen molar-refractivity contribution >= 4 is 22.0 Å². The number of allylic oxidation sites excluding steroid dienone is 1. The van der Waals surface area contributed by atoms with Crippen LogP contribution in [-0.4, -0.2) is 4.58 Å². The van der Waals surface area contributed by atoms with Gasteiger partial charge in [0.25, 0.3) is 0 Å². The van der Waals surface area contributed by atoms with Crippen LogP contribution in [0, 0.1) is 28.6 Å². The summed E-state index contributed by atoms with van der Waals surface area (Å²) >= 11 is 2.87. The number of hydrogen-bond donors (Lipinski definition) is 0. The highest BCUT2D eigenvalue weighted by molar-refractivity contribution is 9.10.